The number of fused-ring (bicyclic) bond motifs is 2. The zero-order valence-corrected chi connectivity index (χ0v) is 18.2. The van der Waals surface area contributed by atoms with Gasteiger partial charge in [-0.25, -0.2) is 4.79 Å². The number of nitrogens with zero attached hydrogens (tertiary/aromatic N) is 2. The second-order valence-electron chi connectivity index (χ2n) is 8.20. The fourth-order valence-electron chi connectivity index (χ4n) is 4.80. The van der Waals surface area contributed by atoms with Crippen molar-refractivity contribution in [2.24, 2.45) is 0 Å². The first-order valence-corrected chi connectivity index (χ1v) is 10.4. The molecule has 4 rings (SSSR count). The summed E-state index contributed by atoms with van der Waals surface area (Å²) < 4.78 is 12.9. The summed E-state index contributed by atoms with van der Waals surface area (Å²) in [4.78, 5) is 40.3. The number of ketones is 1. The maximum Gasteiger partial charge on any atom is 0.325 e. The third-order valence-electron chi connectivity index (χ3n) is 6.19. The predicted molar refractivity (Wildman–Crippen MR) is 113 cm³/mol. The number of hydrogen-bond donors (Lipinski definition) is 1. The van der Waals surface area contributed by atoms with Crippen LogP contribution in [-0.2, 0) is 15.1 Å². The van der Waals surface area contributed by atoms with E-state index >= 15 is 0 Å². The summed E-state index contributed by atoms with van der Waals surface area (Å²) in [5.74, 6) is -0.112. The van der Waals surface area contributed by atoms with Gasteiger partial charge in [-0.3, -0.25) is 14.5 Å². The number of benzene rings is 1. The molecule has 0 unspecified atom stereocenters. The van der Waals surface area contributed by atoms with E-state index in [0.717, 1.165) is 16.3 Å². The summed E-state index contributed by atoms with van der Waals surface area (Å²) in [6, 6.07) is 8.49. The number of Topliss-reactive ketones (excluding diaryl/α,β-unsaturated/α-hetero) is 1. The molecule has 1 aromatic carbocycles. The lowest BCUT2D eigenvalue weighted by Crippen LogP contribution is -2.47. The lowest BCUT2D eigenvalue weighted by atomic mass is 9.84. The average molecular weight is 425 g/mol. The summed E-state index contributed by atoms with van der Waals surface area (Å²) in [7, 11) is 1.64. The predicted octanol–water partition coefficient (Wildman–Crippen LogP) is 2.72. The van der Waals surface area contributed by atoms with Crippen LogP contribution in [0.5, 0.6) is 5.75 Å². The lowest BCUT2D eigenvalue weighted by molar-refractivity contribution is -0.132. The molecule has 3 amide bonds. The molecule has 8 nitrogen and oxygen atoms in total. The molecule has 3 heterocycles. The summed E-state index contributed by atoms with van der Waals surface area (Å²) >= 11 is 0. The van der Waals surface area contributed by atoms with Gasteiger partial charge < -0.3 is 19.4 Å². The molecule has 1 saturated heterocycles. The van der Waals surface area contributed by atoms with E-state index in [1.165, 1.54) is 0 Å². The van der Waals surface area contributed by atoms with Crippen LogP contribution in [0.25, 0.3) is 0 Å². The first kappa shape index (κ1) is 21.1. The molecule has 2 atom stereocenters. The number of nitrogens with one attached hydrogen (secondary N) is 1. The molecule has 1 fully saturated rings. The highest BCUT2D eigenvalue weighted by atomic mass is 16.5. The molecule has 2 aromatic rings. The van der Waals surface area contributed by atoms with Crippen LogP contribution in [0.1, 0.15) is 46.7 Å². The largest absolute Gasteiger partial charge is 0.493 e. The molecule has 31 heavy (non-hydrogen) atoms. The molecule has 164 valence electrons. The van der Waals surface area contributed by atoms with Gasteiger partial charge in [0.1, 0.15) is 5.75 Å². The van der Waals surface area contributed by atoms with Crippen LogP contribution in [0, 0.1) is 13.8 Å². The Hall–Kier alpha value is -3.13. The third kappa shape index (κ3) is 3.31. The molecular weight excluding hydrogens is 398 g/mol. The molecule has 1 spiro atoms. The van der Waals surface area contributed by atoms with Gasteiger partial charge in [-0.15, -0.1) is 0 Å². The molecule has 0 bridgehead atoms. The summed E-state index contributed by atoms with van der Waals surface area (Å²) in [5.41, 5.74) is 1.67. The molecule has 0 radical (unpaired) electrons. The van der Waals surface area contributed by atoms with Crippen LogP contribution in [0.15, 0.2) is 30.3 Å². The number of hydrogen-bond acceptors (Lipinski definition) is 5. The van der Waals surface area contributed by atoms with Crippen LogP contribution in [0.4, 0.5) is 4.79 Å². The van der Waals surface area contributed by atoms with Crippen LogP contribution < -0.4 is 10.1 Å². The Kier molecular flexibility index (Phi) is 5.35. The number of aromatic nitrogens is 1. The fraction of sp³-hybridized carbons (Fsp3) is 0.435. The van der Waals surface area contributed by atoms with Crippen molar-refractivity contribution >= 4 is 17.7 Å². The molecule has 1 N–H and O–H groups in total. The van der Waals surface area contributed by atoms with Gasteiger partial charge in [0, 0.05) is 36.0 Å². The van der Waals surface area contributed by atoms with Crippen LogP contribution in [0.3, 0.4) is 0 Å². The smallest absolute Gasteiger partial charge is 0.325 e. The minimum absolute atomic E-state index is 0.0604. The number of carbonyl (C=O) groups excluding carboxylic acids is 3. The summed E-state index contributed by atoms with van der Waals surface area (Å²) in [6.07, 6.45) is 0.322. The Morgan fingerprint density at radius 1 is 1.29 bits per heavy atom. The van der Waals surface area contributed by atoms with Crippen molar-refractivity contribution in [3.8, 4) is 5.75 Å². The number of ether oxygens (including phenoxy) is 2. The van der Waals surface area contributed by atoms with Gasteiger partial charge in [0.15, 0.2) is 11.3 Å². The molecule has 0 aliphatic carbocycles. The van der Waals surface area contributed by atoms with E-state index in [-0.39, 0.29) is 18.4 Å². The third-order valence-corrected chi connectivity index (χ3v) is 6.19. The topological polar surface area (TPSA) is 89.9 Å². The normalized spacial score (nSPS) is 21.1. The zero-order chi connectivity index (χ0) is 22.3. The van der Waals surface area contributed by atoms with Gasteiger partial charge in [-0.1, -0.05) is 18.2 Å². The van der Waals surface area contributed by atoms with Gasteiger partial charge in [0.05, 0.1) is 25.8 Å². The minimum Gasteiger partial charge on any atom is -0.493 e. The maximum absolute atomic E-state index is 13.4. The number of methoxy groups -OCH3 is 1. The Balaban J connectivity index is 1.60. The standard InChI is InChI=1S/C23H27N3O5/c1-14-11-17(16(3)26(14)15(2)13-30-4)19(27)12-25-21(28)23(24-22(25)29)9-10-31-20-8-6-5-7-18(20)23/h5-8,11,15H,9-10,12-13H2,1-4H3,(H,24,29)/t15-,23+/m0/s1. The van der Waals surface area contributed by atoms with Crippen molar-refractivity contribution in [1.29, 1.82) is 0 Å². The van der Waals surface area contributed by atoms with E-state index in [4.69, 9.17) is 9.47 Å². The second-order valence-corrected chi connectivity index (χ2v) is 8.20. The zero-order valence-electron chi connectivity index (χ0n) is 18.2. The van der Waals surface area contributed by atoms with E-state index < -0.39 is 17.5 Å². The average Bonchev–Trinajstić information content (AvgIpc) is 3.16. The number of para-hydroxylation sites is 1. The number of rotatable bonds is 6. The highest BCUT2D eigenvalue weighted by Gasteiger charge is 2.55. The van der Waals surface area contributed by atoms with Crippen molar-refractivity contribution < 1.29 is 23.9 Å². The van der Waals surface area contributed by atoms with Crippen LogP contribution in [-0.4, -0.2) is 54.1 Å². The number of carbonyl (C=O) groups is 3. The Bertz CT molecular complexity index is 1060. The van der Waals surface area contributed by atoms with E-state index in [9.17, 15) is 14.4 Å². The van der Waals surface area contributed by atoms with E-state index in [0.29, 0.717) is 36.5 Å². The fourth-order valence-corrected chi connectivity index (χ4v) is 4.80. The van der Waals surface area contributed by atoms with Gasteiger partial charge in [0.25, 0.3) is 5.91 Å². The SMILES string of the molecule is COC[C@H](C)n1c(C)cc(C(=O)CN2C(=O)N[C@@]3(CCOc4ccccc43)C2=O)c1C. The lowest BCUT2D eigenvalue weighted by Gasteiger charge is -2.33. The van der Waals surface area contributed by atoms with Crippen LogP contribution in [0.2, 0.25) is 0 Å². The number of imide groups is 1. The van der Waals surface area contributed by atoms with Gasteiger partial charge >= 0.3 is 6.03 Å². The molecule has 0 saturated carbocycles. The molecule has 1 aromatic heterocycles. The first-order valence-electron chi connectivity index (χ1n) is 10.4. The van der Waals surface area contributed by atoms with E-state index in [2.05, 4.69) is 5.32 Å². The maximum atomic E-state index is 13.4. The first-order chi connectivity index (χ1) is 14.8. The minimum atomic E-state index is -1.18. The number of aryl methyl sites for hydroxylation is 1. The van der Waals surface area contributed by atoms with E-state index in [1.54, 1.807) is 25.3 Å². The van der Waals surface area contributed by atoms with Crippen molar-refractivity contribution in [3.63, 3.8) is 0 Å². The monoisotopic (exact) mass is 425 g/mol. The van der Waals surface area contributed by atoms with Gasteiger partial charge in [-0.05, 0) is 32.9 Å². The van der Waals surface area contributed by atoms with Crippen molar-refractivity contribution in [3.05, 3.63) is 52.8 Å². The van der Waals surface area contributed by atoms with Crippen molar-refractivity contribution in [2.75, 3.05) is 26.9 Å². The van der Waals surface area contributed by atoms with Gasteiger partial charge in [0.2, 0.25) is 0 Å². The number of amides is 3. The van der Waals surface area contributed by atoms with Crippen molar-refractivity contribution in [1.82, 2.24) is 14.8 Å². The number of urea groups is 1. The summed E-state index contributed by atoms with van der Waals surface area (Å²) in [5, 5.41) is 2.83. The second kappa shape index (κ2) is 7.85. The molecular formula is C23H27N3O5. The molecule has 2 aliphatic rings. The highest BCUT2D eigenvalue weighted by Crippen LogP contribution is 2.41. The quantitative estimate of drug-likeness (QED) is 0.568. The van der Waals surface area contributed by atoms with Gasteiger partial charge in [-0.2, -0.15) is 0 Å². The molecule has 8 heteroatoms. The Morgan fingerprint density at radius 2 is 2.03 bits per heavy atom. The molecule has 2 aliphatic heterocycles. The highest BCUT2D eigenvalue weighted by molar-refractivity contribution is 6.12. The van der Waals surface area contributed by atoms with E-state index in [1.807, 2.05) is 37.5 Å². The van der Waals surface area contributed by atoms with Crippen LogP contribution >= 0.6 is 0 Å². The summed E-state index contributed by atoms with van der Waals surface area (Å²) in [6.45, 7) is 6.33. The van der Waals surface area contributed by atoms with Crippen molar-refractivity contribution in [2.45, 2.75) is 38.8 Å². The Morgan fingerprint density at radius 3 is 2.77 bits per heavy atom. The Labute approximate surface area is 181 Å².